The molecule has 5 nitrogen and oxygen atoms in total. The summed E-state index contributed by atoms with van der Waals surface area (Å²) < 4.78 is 39.5. The standard InChI is InChI=1S/C22H18F3N3O2S2/c1-2-11-26-17(29)13-31-21-27-18(14-7-4-3-5-8-14)20(32-21)28-19(30)15-9-6-10-16(12-15)22(23,24)25/h2-10,12H,1,11,13H2,(H,26,29)(H,28,30). The molecule has 0 aliphatic rings. The molecule has 3 rings (SSSR count). The first-order valence-corrected chi connectivity index (χ1v) is 11.1. The second-order valence-corrected chi connectivity index (χ2v) is 8.66. The van der Waals surface area contributed by atoms with Crippen LogP contribution in [-0.2, 0) is 11.0 Å². The summed E-state index contributed by atoms with van der Waals surface area (Å²) in [4.78, 5) is 29.1. The fraction of sp³-hybridized carbons (Fsp3) is 0.136. The predicted molar refractivity (Wildman–Crippen MR) is 121 cm³/mol. The summed E-state index contributed by atoms with van der Waals surface area (Å²) in [6.07, 6.45) is -2.98. The van der Waals surface area contributed by atoms with Crippen molar-refractivity contribution in [3.63, 3.8) is 0 Å². The number of thiazole rings is 1. The highest BCUT2D eigenvalue weighted by atomic mass is 32.2. The SMILES string of the molecule is C=CCNC(=O)CSc1nc(-c2ccccc2)c(NC(=O)c2cccc(C(F)(F)F)c2)s1. The number of carbonyl (C=O) groups excluding carboxylic acids is 2. The second-order valence-electron chi connectivity index (χ2n) is 6.44. The number of benzene rings is 2. The third kappa shape index (κ3) is 6.21. The number of aromatic nitrogens is 1. The number of amides is 2. The van der Waals surface area contributed by atoms with Crippen molar-refractivity contribution in [2.75, 3.05) is 17.6 Å². The van der Waals surface area contributed by atoms with Gasteiger partial charge in [0.05, 0.1) is 11.3 Å². The van der Waals surface area contributed by atoms with Crippen molar-refractivity contribution in [3.05, 3.63) is 78.4 Å². The summed E-state index contributed by atoms with van der Waals surface area (Å²) in [6.45, 7) is 3.89. The van der Waals surface area contributed by atoms with Crippen LogP contribution in [0, 0.1) is 0 Å². The van der Waals surface area contributed by atoms with Crippen molar-refractivity contribution in [1.29, 1.82) is 0 Å². The summed E-state index contributed by atoms with van der Waals surface area (Å²) in [7, 11) is 0. The number of hydrogen-bond donors (Lipinski definition) is 2. The third-order valence-electron chi connectivity index (χ3n) is 4.10. The van der Waals surface area contributed by atoms with Crippen molar-refractivity contribution >= 4 is 39.9 Å². The maximum absolute atomic E-state index is 13.0. The maximum atomic E-state index is 13.0. The molecule has 32 heavy (non-hydrogen) atoms. The van der Waals surface area contributed by atoms with Crippen LogP contribution in [0.2, 0.25) is 0 Å². The van der Waals surface area contributed by atoms with E-state index in [1.54, 1.807) is 18.2 Å². The van der Waals surface area contributed by atoms with E-state index in [0.29, 0.717) is 21.6 Å². The van der Waals surface area contributed by atoms with Gasteiger partial charge in [-0.2, -0.15) is 13.2 Å². The van der Waals surface area contributed by atoms with E-state index in [2.05, 4.69) is 22.2 Å². The van der Waals surface area contributed by atoms with E-state index in [-0.39, 0.29) is 17.2 Å². The number of halogens is 3. The van der Waals surface area contributed by atoms with Crippen LogP contribution in [0.5, 0.6) is 0 Å². The van der Waals surface area contributed by atoms with Gasteiger partial charge in [0.25, 0.3) is 5.91 Å². The quantitative estimate of drug-likeness (QED) is 0.333. The van der Waals surface area contributed by atoms with Gasteiger partial charge >= 0.3 is 6.18 Å². The van der Waals surface area contributed by atoms with Crippen molar-refractivity contribution < 1.29 is 22.8 Å². The fourth-order valence-electron chi connectivity index (χ4n) is 2.62. The van der Waals surface area contributed by atoms with Crippen molar-refractivity contribution in [3.8, 4) is 11.3 Å². The number of nitrogens with zero attached hydrogens (tertiary/aromatic N) is 1. The Labute approximate surface area is 190 Å². The monoisotopic (exact) mass is 477 g/mol. The summed E-state index contributed by atoms with van der Waals surface area (Å²) in [5, 5.41) is 5.72. The fourth-order valence-corrected chi connectivity index (χ4v) is 4.51. The predicted octanol–water partition coefficient (Wildman–Crippen LogP) is 5.48. The molecule has 0 fully saturated rings. The number of rotatable bonds is 8. The van der Waals surface area contributed by atoms with Gasteiger partial charge in [0.15, 0.2) is 4.34 Å². The van der Waals surface area contributed by atoms with E-state index in [0.717, 1.165) is 29.0 Å². The molecule has 0 aliphatic heterocycles. The molecule has 0 bridgehead atoms. The number of hydrogen-bond acceptors (Lipinski definition) is 5. The number of carbonyl (C=O) groups is 2. The van der Waals surface area contributed by atoms with Gasteiger partial charge in [-0.3, -0.25) is 9.59 Å². The Morgan fingerprint density at radius 3 is 2.56 bits per heavy atom. The zero-order chi connectivity index (χ0) is 23.1. The highest BCUT2D eigenvalue weighted by molar-refractivity contribution is 8.01. The minimum absolute atomic E-state index is 0.120. The first-order valence-electron chi connectivity index (χ1n) is 9.33. The highest BCUT2D eigenvalue weighted by Gasteiger charge is 2.31. The summed E-state index contributed by atoms with van der Waals surface area (Å²) in [6, 6.07) is 13.3. The third-order valence-corrected chi connectivity index (χ3v) is 6.22. The van der Waals surface area contributed by atoms with Crippen LogP contribution in [0.3, 0.4) is 0 Å². The van der Waals surface area contributed by atoms with Crippen molar-refractivity contribution in [2.45, 2.75) is 10.5 Å². The van der Waals surface area contributed by atoms with Crippen molar-refractivity contribution in [1.82, 2.24) is 10.3 Å². The normalized spacial score (nSPS) is 11.1. The zero-order valence-corrected chi connectivity index (χ0v) is 18.2. The van der Waals surface area contributed by atoms with Crippen LogP contribution >= 0.6 is 23.1 Å². The molecule has 10 heteroatoms. The molecule has 0 aliphatic carbocycles. The molecule has 1 heterocycles. The molecule has 0 unspecified atom stereocenters. The zero-order valence-electron chi connectivity index (χ0n) is 16.6. The average molecular weight is 478 g/mol. The van der Waals surface area contributed by atoms with Gasteiger partial charge in [0.2, 0.25) is 5.91 Å². The molecule has 3 aromatic rings. The Morgan fingerprint density at radius 2 is 1.88 bits per heavy atom. The van der Waals surface area contributed by atoms with Gasteiger partial charge < -0.3 is 10.6 Å². The van der Waals surface area contributed by atoms with Gasteiger partial charge in [-0.25, -0.2) is 4.98 Å². The van der Waals surface area contributed by atoms with Crippen LogP contribution in [0.1, 0.15) is 15.9 Å². The van der Waals surface area contributed by atoms with E-state index in [1.807, 2.05) is 18.2 Å². The van der Waals surface area contributed by atoms with Crippen LogP contribution < -0.4 is 10.6 Å². The molecule has 2 amide bonds. The molecule has 0 spiro atoms. The Bertz CT molecular complexity index is 1120. The number of anilines is 1. The molecule has 0 atom stereocenters. The number of alkyl halides is 3. The van der Waals surface area contributed by atoms with Gasteiger partial charge in [0, 0.05) is 17.7 Å². The number of nitrogens with one attached hydrogen (secondary N) is 2. The summed E-state index contributed by atoms with van der Waals surface area (Å²) in [5.41, 5.74) is 0.181. The van der Waals surface area contributed by atoms with Crippen LogP contribution in [-0.4, -0.2) is 29.1 Å². The van der Waals surface area contributed by atoms with E-state index in [1.165, 1.54) is 23.9 Å². The largest absolute Gasteiger partial charge is 0.416 e. The Hall–Kier alpha value is -3.11. The van der Waals surface area contributed by atoms with Gasteiger partial charge in [-0.1, -0.05) is 65.6 Å². The maximum Gasteiger partial charge on any atom is 0.416 e. The van der Waals surface area contributed by atoms with E-state index < -0.39 is 17.6 Å². The Kier molecular flexibility index (Phi) is 7.70. The molecule has 1 aromatic heterocycles. The molecule has 2 N–H and O–H groups in total. The van der Waals surface area contributed by atoms with Crippen LogP contribution in [0.15, 0.2) is 71.6 Å². The number of thioether (sulfide) groups is 1. The van der Waals surface area contributed by atoms with E-state index >= 15 is 0 Å². The van der Waals surface area contributed by atoms with Gasteiger partial charge in [-0.15, -0.1) is 6.58 Å². The lowest BCUT2D eigenvalue weighted by Gasteiger charge is -2.09. The summed E-state index contributed by atoms with van der Waals surface area (Å²) >= 11 is 2.35. The lowest BCUT2D eigenvalue weighted by atomic mass is 10.1. The minimum Gasteiger partial charge on any atom is -0.352 e. The van der Waals surface area contributed by atoms with Crippen LogP contribution in [0.25, 0.3) is 11.3 Å². The van der Waals surface area contributed by atoms with Gasteiger partial charge in [-0.05, 0) is 18.2 Å². The summed E-state index contributed by atoms with van der Waals surface area (Å²) in [5.74, 6) is -0.755. The first-order chi connectivity index (χ1) is 15.3. The van der Waals surface area contributed by atoms with Crippen LogP contribution in [0.4, 0.5) is 18.2 Å². The highest BCUT2D eigenvalue weighted by Crippen LogP contribution is 2.38. The smallest absolute Gasteiger partial charge is 0.352 e. The average Bonchev–Trinajstić information content (AvgIpc) is 3.19. The minimum atomic E-state index is -4.55. The molecule has 0 saturated carbocycles. The Balaban J connectivity index is 1.84. The topological polar surface area (TPSA) is 71.1 Å². The van der Waals surface area contributed by atoms with E-state index in [9.17, 15) is 22.8 Å². The Morgan fingerprint density at radius 1 is 1.12 bits per heavy atom. The second kappa shape index (κ2) is 10.5. The van der Waals surface area contributed by atoms with Gasteiger partial charge in [0.1, 0.15) is 10.7 Å². The molecule has 2 aromatic carbocycles. The van der Waals surface area contributed by atoms with E-state index in [4.69, 9.17) is 0 Å². The molecule has 166 valence electrons. The molecule has 0 saturated heterocycles. The molecular formula is C22H18F3N3O2S2. The first kappa shape index (κ1) is 23.6. The molecule has 0 radical (unpaired) electrons. The van der Waals surface area contributed by atoms with Crippen molar-refractivity contribution in [2.24, 2.45) is 0 Å². The lowest BCUT2D eigenvalue weighted by molar-refractivity contribution is -0.137. The lowest BCUT2D eigenvalue weighted by Crippen LogP contribution is -2.24. The molecular weight excluding hydrogens is 459 g/mol.